The van der Waals surface area contributed by atoms with Gasteiger partial charge in [0.25, 0.3) is 6.43 Å². The molecule has 2 rings (SSSR count). The van der Waals surface area contributed by atoms with Gasteiger partial charge in [0.05, 0.1) is 6.04 Å². The molecule has 1 aliphatic heterocycles. The van der Waals surface area contributed by atoms with Gasteiger partial charge in [-0.3, -0.25) is 9.69 Å². The van der Waals surface area contributed by atoms with Gasteiger partial charge in [-0.25, -0.2) is 8.78 Å². The Hall–Kier alpha value is -0.950. The van der Waals surface area contributed by atoms with Crippen LogP contribution in [0.25, 0.3) is 0 Å². The largest absolute Gasteiger partial charge is 0.427 e. The third-order valence-corrected chi connectivity index (χ3v) is 3.27. The van der Waals surface area contributed by atoms with Crippen LogP contribution in [0.5, 0.6) is 5.75 Å². The first kappa shape index (κ1) is 21.0. The van der Waals surface area contributed by atoms with E-state index in [1.165, 1.54) is 6.92 Å². The number of benzene rings is 1. The molecule has 0 saturated carbocycles. The lowest BCUT2D eigenvalue weighted by Gasteiger charge is -2.34. The first-order chi connectivity index (χ1) is 9.58. The molecule has 1 saturated heterocycles. The van der Waals surface area contributed by atoms with Gasteiger partial charge in [0.2, 0.25) is 0 Å². The molecular weight excluding hydrogens is 337 g/mol. The number of hydrogen-bond donors (Lipinski definition) is 1. The summed E-state index contributed by atoms with van der Waals surface area (Å²) in [5, 5.41) is 3.15. The van der Waals surface area contributed by atoms with Gasteiger partial charge in [-0.1, -0.05) is 12.1 Å². The highest BCUT2D eigenvalue weighted by Gasteiger charge is 2.29. The topological polar surface area (TPSA) is 41.6 Å². The molecule has 1 heterocycles. The summed E-state index contributed by atoms with van der Waals surface area (Å²) in [6.45, 7) is 3.93. The summed E-state index contributed by atoms with van der Waals surface area (Å²) in [6.07, 6.45) is -2.45. The third kappa shape index (κ3) is 5.68. The Morgan fingerprint density at radius 2 is 1.73 bits per heavy atom. The van der Waals surface area contributed by atoms with E-state index in [-0.39, 0.29) is 24.8 Å². The molecular formula is C14H20Cl2F2N2O2. The first-order valence-electron chi connectivity index (χ1n) is 6.59. The first-order valence-corrected chi connectivity index (χ1v) is 6.59. The van der Waals surface area contributed by atoms with Gasteiger partial charge in [-0.15, -0.1) is 24.8 Å². The summed E-state index contributed by atoms with van der Waals surface area (Å²) in [5.74, 6) is -0.0557. The smallest absolute Gasteiger partial charge is 0.308 e. The van der Waals surface area contributed by atoms with Crippen LogP contribution >= 0.6 is 24.8 Å². The summed E-state index contributed by atoms with van der Waals surface area (Å²) in [6, 6.07) is 5.38. The van der Waals surface area contributed by atoms with Crippen molar-refractivity contribution in [1.82, 2.24) is 10.2 Å². The Balaban J connectivity index is 0.00000220. The molecule has 1 fully saturated rings. The predicted molar refractivity (Wildman–Crippen MR) is 85.4 cm³/mol. The van der Waals surface area contributed by atoms with E-state index in [2.05, 4.69) is 5.32 Å². The molecule has 0 aliphatic carbocycles. The van der Waals surface area contributed by atoms with E-state index >= 15 is 0 Å². The second-order valence-electron chi connectivity index (χ2n) is 4.73. The molecule has 1 aromatic carbocycles. The van der Waals surface area contributed by atoms with Crippen molar-refractivity contribution in [3.8, 4) is 5.75 Å². The van der Waals surface area contributed by atoms with Crippen LogP contribution in [-0.2, 0) is 4.79 Å². The number of hydrogen-bond acceptors (Lipinski definition) is 4. The van der Waals surface area contributed by atoms with Crippen molar-refractivity contribution < 1.29 is 18.3 Å². The molecule has 1 aliphatic rings. The highest BCUT2D eigenvalue weighted by Crippen LogP contribution is 2.29. The van der Waals surface area contributed by atoms with Gasteiger partial charge in [0.15, 0.2) is 0 Å². The lowest BCUT2D eigenvalue weighted by Crippen LogP contribution is -2.46. The van der Waals surface area contributed by atoms with Crippen LogP contribution in [0.4, 0.5) is 8.78 Å². The van der Waals surface area contributed by atoms with Crippen LogP contribution in [0, 0.1) is 0 Å². The van der Waals surface area contributed by atoms with Gasteiger partial charge < -0.3 is 10.1 Å². The number of nitrogens with zero attached hydrogens (tertiary/aromatic N) is 1. The van der Waals surface area contributed by atoms with Crippen molar-refractivity contribution in [2.75, 3.05) is 26.2 Å². The molecule has 0 spiro atoms. The zero-order valence-corrected chi connectivity index (χ0v) is 13.8. The van der Waals surface area contributed by atoms with Crippen LogP contribution in [0.3, 0.4) is 0 Å². The van der Waals surface area contributed by atoms with Gasteiger partial charge in [-0.05, 0) is 17.7 Å². The van der Waals surface area contributed by atoms with Gasteiger partial charge in [-0.2, -0.15) is 0 Å². The van der Waals surface area contributed by atoms with Crippen molar-refractivity contribution in [2.24, 2.45) is 0 Å². The Kier molecular flexibility index (Phi) is 9.51. The molecule has 0 radical (unpaired) electrons. The van der Waals surface area contributed by atoms with E-state index in [0.29, 0.717) is 24.4 Å². The van der Waals surface area contributed by atoms with Crippen LogP contribution in [0.15, 0.2) is 24.3 Å². The second-order valence-corrected chi connectivity index (χ2v) is 4.73. The fourth-order valence-electron chi connectivity index (χ4n) is 2.37. The molecule has 8 heteroatoms. The standard InChI is InChI=1S/C14H18F2N2O2.2ClH/c1-10(19)20-12-4-2-11(3-5-12)13(14(15)16)18-8-6-17-7-9-18;;/h2-5,13-14,17H,6-9H2,1H3;2*1H/t13-;;/m0../s1. The summed E-state index contributed by atoms with van der Waals surface area (Å²) in [5.41, 5.74) is 0.540. The molecule has 126 valence electrons. The normalized spacial score (nSPS) is 16.4. The maximum Gasteiger partial charge on any atom is 0.308 e. The highest BCUT2D eigenvalue weighted by molar-refractivity contribution is 5.85. The van der Waals surface area contributed by atoms with Gasteiger partial charge in [0, 0.05) is 33.1 Å². The van der Waals surface area contributed by atoms with Crippen molar-refractivity contribution in [1.29, 1.82) is 0 Å². The quantitative estimate of drug-likeness (QED) is 0.665. The summed E-state index contributed by atoms with van der Waals surface area (Å²) >= 11 is 0. The average Bonchev–Trinajstić information content (AvgIpc) is 2.41. The van der Waals surface area contributed by atoms with E-state index in [1.54, 1.807) is 29.2 Å². The predicted octanol–water partition coefficient (Wildman–Crippen LogP) is 2.67. The minimum absolute atomic E-state index is 0. The van der Waals surface area contributed by atoms with E-state index in [9.17, 15) is 13.6 Å². The number of alkyl halides is 2. The van der Waals surface area contributed by atoms with Gasteiger partial charge in [0.1, 0.15) is 5.75 Å². The molecule has 1 N–H and O–H groups in total. The molecule has 4 nitrogen and oxygen atoms in total. The average molecular weight is 357 g/mol. The van der Waals surface area contributed by atoms with Crippen LogP contribution in [-0.4, -0.2) is 43.5 Å². The monoisotopic (exact) mass is 356 g/mol. The Bertz CT molecular complexity index is 455. The van der Waals surface area contributed by atoms with E-state index in [4.69, 9.17) is 4.74 Å². The fraction of sp³-hybridized carbons (Fsp3) is 0.500. The lowest BCUT2D eigenvalue weighted by molar-refractivity contribution is -0.131. The molecule has 0 unspecified atom stereocenters. The van der Waals surface area contributed by atoms with Crippen molar-refractivity contribution in [2.45, 2.75) is 19.4 Å². The number of piperazine rings is 1. The fourth-order valence-corrected chi connectivity index (χ4v) is 2.37. The molecule has 1 aromatic rings. The van der Waals surface area contributed by atoms with E-state index < -0.39 is 18.4 Å². The zero-order chi connectivity index (χ0) is 14.5. The molecule has 0 aromatic heterocycles. The second kappa shape index (κ2) is 9.94. The number of rotatable bonds is 4. The lowest BCUT2D eigenvalue weighted by atomic mass is 10.0. The molecule has 0 amide bonds. The SMILES string of the molecule is CC(=O)Oc1ccc([C@@H](C(F)F)N2CCNCC2)cc1.Cl.Cl. The van der Waals surface area contributed by atoms with Gasteiger partial charge >= 0.3 is 5.97 Å². The zero-order valence-electron chi connectivity index (χ0n) is 12.1. The Morgan fingerprint density at radius 1 is 1.18 bits per heavy atom. The number of halogens is 4. The maximum absolute atomic E-state index is 13.3. The van der Waals surface area contributed by atoms with Crippen LogP contribution in [0.1, 0.15) is 18.5 Å². The Morgan fingerprint density at radius 3 is 2.18 bits per heavy atom. The third-order valence-electron chi connectivity index (χ3n) is 3.27. The van der Waals surface area contributed by atoms with Crippen molar-refractivity contribution >= 4 is 30.8 Å². The molecule has 1 atom stereocenters. The summed E-state index contributed by atoms with van der Waals surface area (Å²) in [4.78, 5) is 12.6. The molecule has 0 bridgehead atoms. The Labute approximate surface area is 141 Å². The van der Waals surface area contributed by atoms with Crippen LogP contribution < -0.4 is 10.1 Å². The van der Waals surface area contributed by atoms with E-state index in [1.807, 2.05) is 0 Å². The summed E-state index contributed by atoms with van der Waals surface area (Å²) < 4.78 is 31.6. The van der Waals surface area contributed by atoms with Crippen molar-refractivity contribution in [3.63, 3.8) is 0 Å². The number of carbonyl (C=O) groups excluding carboxylic acids is 1. The highest BCUT2D eigenvalue weighted by atomic mass is 35.5. The summed E-state index contributed by atoms with van der Waals surface area (Å²) in [7, 11) is 0. The molecule has 22 heavy (non-hydrogen) atoms. The minimum atomic E-state index is -2.45. The number of ether oxygens (including phenoxy) is 1. The van der Waals surface area contributed by atoms with Crippen molar-refractivity contribution in [3.05, 3.63) is 29.8 Å². The number of esters is 1. The van der Waals surface area contributed by atoms with Crippen LogP contribution in [0.2, 0.25) is 0 Å². The minimum Gasteiger partial charge on any atom is -0.427 e. The van der Waals surface area contributed by atoms with E-state index in [0.717, 1.165) is 13.1 Å². The number of carbonyl (C=O) groups is 1. The number of nitrogens with one attached hydrogen (secondary N) is 1. The maximum atomic E-state index is 13.3.